The molecule has 0 N–H and O–H groups in total. The number of pyridine rings is 2. The number of rotatable bonds is 5. The van der Waals surface area contributed by atoms with Gasteiger partial charge in [0.1, 0.15) is 0 Å². The molecule has 0 aliphatic carbocycles. The van der Waals surface area contributed by atoms with Gasteiger partial charge in [-0.15, -0.1) is 0 Å². The molecule has 0 bridgehead atoms. The molecule has 2 aliphatic heterocycles. The van der Waals surface area contributed by atoms with Crippen molar-refractivity contribution in [2.45, 2.75) is 0 Å². The molecule has 0 radical (unpaired) electrons. The van der Waals surface area contributed by atoms with Crippen molar-refractivity contribution in [2.75, 3.05) is 4.81 Å². The van der Waals surface area contributed by atoms with Crippen LogP contribution < -0.4 is 10.3 Å². The fraction of sp³-hybridized carbons (Fsp3) is 0. The molecule has 4 aromatic carbocycles. The van der Waals surface area contributed by atoms with E-state index in [-0.39, 0.29) is 6.85 Å². The van der Waals surface area contributed by atoms with Crippen LogP contribution >= 0.6 is 0 Å². The van der Waals surface area contributed by atoms with Gasteiger partial charge in [-0.25, -0.2) is 15.0 Å². The third kappa shape index (κ3) is 4.89. The van der Waals surface area contributed by atoms with E-state index in [4.69, 9.17) is 15.0 Å². The van der Waals surface area contributed by atoms with Crippen LogP contribution in [0.3, 0.4) is 0 Å². The summed E-state index contributed by atoms with van der Waals surface area (Å²) in [6.07, 6.45) is 11.3. The summed E-state index contributed by atoms with van der Waals surface area (Å²) < 4.78 is 0. The van der Waals surface area contributed by atoms with Crippen LogP contribution in [0.5, 0.6) is 0 Å². The molecular formula is C41H27BN6. The van der Waals surface area contributed by atoms with E-state index in [9.17, 15) is 0 Å². The van der Waals surface area contributed by atoms with Gasteiger partial charge < -0.3 is 4.81 Å². The van der Waals surface area contributed by atoms with E-state index in [1.54, 1.807) is 24.8 Å². The number of benzene rings is 4. The van der Waals surface area contributed by atoms with Crippen molar-refractivity contribution in [1.82, 2.24) is 24.9 Å². The zero-order valence-electron chi connectivity index (χ0n) is 25.8. The van der Waals surface area contributed by atoms with Crippen molar-refractivity contribution >= 4 is 23.6 Å². The number of anilines is 1. The molecule has 0 saturated carbocycles. The van der Waals surface area contributed by atoms with Crippen LogP contribution in [0.4, 0.5) is 5.69 Å². The Hall–Kier alpha value is -6.47. The van der Waals surface area contributed by atoms with Crippen LogP contribution in [0, 0.1) is 0 Å². The molecule has 0 spiro atoms. The lowest BCUT2D eigenvalue weighted by Gasteiger charge is -2.38. The number of hydrogen-bond donors (Lipinski definition) is 0. The van der Waals surface area contributed by atoms with Gasteiger partial charge in [0.25, 0.3) is 0 Å². The molecule has 0 atom stereocenters. The first-order valence-electron chi connectivity index (χ1n) is 15.9. The molecule has 0 amide bonds. The molecule has 7 aromatic rings. The molecule has 3 aromatic heterocycles. The summed E-state index contributed by atoms with van der Waals surface area (Å²) in [6, 6.07) is 42.4. The van der Waals surface area contributed by atoms with Crippen molar-refractivity contribution in [1.29, 1.82) is 0 Å². The van der Waals surface area contributed by atoms with Crippen LogP contribution in [0.1, 0.15) is 5.82 Å². The quantitative estimate of drug-likeness (QED) is 0.182. The Balaban J connectivity index is 1.16. The summed E-state index contributed by atoms with van der Waals surface area (Å²) in [5, 5.41) is 0. The largest absolute Gasteiger partial charge is 0.382 e. The number of nitrogens with zero attached hydrogens (tertiary/aromatic N) is 6. The molecule has 2 aliphatic rings. The second-order valence-electron chi connectivity index (χ2n) is 11.8. The van der Waals surface area contributed by atoms with Crippen LogP contribution in [0.2, 0.25) is 0 Å². The first-order chi connectivity index (χ1) is 23.8. The summed E-state index contributed by atoms with van der Waals surface area (Å²) in [6.45, 7) is 0.0112. The van der Waals surface area contributed by atoms with Crippen molar-refractivity contribution in [3.63, 3.8) is 0 Å². The van der Waals surface area contributed by atoms with Crippen molar-refractivity contribution in [2.24, 2.45) is 0 Å². The molecule has 224 valence electrons. The van der Waals surface area contributed by atoms with E-state index >= 15 is 0 Å². The van der Waals surface area contributed by atoms with Gasteiger partial charge in [0, 0.05) is 58.9 Å². The number of para-hydroxylation sites is 1. The Labute approximate surface area is 279 Å². The van der Waals surface area contributed by atoms with E-state index in [0.717, 1.165) is 22.4 Å². The fourth-order valence-corrected chi connectivity index (χ4v) is 6.70. The number of hydrogen-bond acceptors (Lipinski definition) is 6. The maximum absolute atomic E-state index is 4.97. The molecule has 5 heterocycles. The normalized spacial score (nSPS) is 13.0. The fourth-order valence-electron chi connectivity index (χ4n) is 6.70. The van der Waals surface area contributed by atoms with Gasteiger partial charge in [-0.3, -0.25) is 9.97 Å². The highest BCUT2D eigenvalue weighted by molar-refractivity contribution is 6.84. The maximum Gasteiger partial charge on any atom is 0.320 e. The van der Waals surface area contributed by atoms with Gasteiger partial charge in [0.05, 0.1) is 0 Å². The molecule has 6 nitrogen and oxygen atoms in total. The Kier molecular flexibility index (Phi) is 6.79. The molecular weight excluding hydrogens is 587 g/mol. The van der Waals surface area contributed by atoms with Gasteiger partial charge in [-0.05, 0) is 69.7 Å². The second kappa shape index (κ2) is 11.7. The van der Waals surface area contributed by atoms with Gasteiger partial charge in [-0.2, -0.15) is 0 Å². The van der Waals surface area contributed by atoms with E-state index < -0.39 is 0 Å². The topological polar surface area (TPSA) is 67.7 Å². The predicted molar refractivity (Wildman–Crippen MR) is 194 cm³/mol. The first kappa shape index (κ1) is 27.8. The second-order valence-corrected chi connectivity index (χ2v) is 11.8. The summed E-state index contributed by atoms with van der Waals surface area (Å²) in [7, 11) is 0. The maximum atomic E-state index is 4.97. The van der Waals surface area contributed by atoms with Gasteiger partial charge in [-0.1, -0.05) is 97.0 Å². The van der Waals surface area contributed by atoms with Crippen molar-refractivity contribution in [3.05, 3.63) is 170 Å². The lowest BCUT2D eigenvalue weighted by molar-refractivity contribution is 1.03. The molecule has 0 saturated heterocycles. The third-order valence-electron chi connectivity index (χ3n) is 8.95. The smallest absolute Gasteiger partial charge is 0.320 e. The minimum Gasteiger partial charge on any atom is -0.382 e. The zero-order chi connectivity index (χ0) is 31.9. The lowest BCUT2D eigenvalue weighted by Crippen LogP contribution is -2.49. The van der Waals surface area contributed by atoms with E-state index in [1.807, 2.05) is 24.3 Å². The SMILES string of the molecule is C1=CC(c2nc(-c3ccncc3)nc(-c3ccncc3)n2)=CN2B1c1cccc(-c3cccc(-c4ccccc4)c3)c1-c1ccccc12. The number of fused-ring (bicyclic) bond motifs is 6. The van der Waals surface area contributed by atoms with Crippen LogP contribution in [0.15, 0.2) is 164 Å². The minimum atomic E-state index is 0.0112. The number of allylic oxidation sites excluding steroid dienone is 2. The van der Waals surface area contributed by atoms with Gasteiger partial charge in [0.2, 0.25) is 0 Å². The summed E-state index contributed by atoms with van der Waals surface area (Å²) in [4.78, 5) is 25.5. The van der Waals surface area contributed by atoms with Crippen LogP contribution in [-0.4, -0.2) is 31.8 Å². The highest BCUT2D eigenvalue weighted by atomic mass is 15.1. The van der Waals surface area contributed by atoms with E-state index in [2.05, 4.69) is 130 Å². The van der Waals surface area contributed by atoms with E-state index in [0.29, 0.717) is 17.5 Å². The van der Waals surface area contributed by atoms with Crippen LogP contribution in [0.25, 0.3) is 61.7 Å². The summed E-state index contributed by atoms with van der Waals surface area (Å²) in [5.41, 5.74) is 12.4. The van der Waals surface area contributed by atoms with E-state index in [1.165, 1.54) is 38.8 Å². The first-order valence-corrected chi connectivity index (χ1v) is 15.9. The lowest BCUT2D eigenvalue weighted by atomic mass is 9.49. The van der Waals surface area contributed by atoms with Crippen molar-refractivity contribution in [3.8, 4) is 56.2 Å². The monoisotopic (exact) mass is 614 g/mol. The third-order valence-corrected chi connectivity index (χ3v) is 8.95. The summed E-state index contributed by atoms with van der Waals surface area (Å²) >= 11 is 0. The molecule has 7 heteroatoms. The van der Waals surface area contributed by atoms with Gasteiger partial charge in [0.15, 0.2) is 17.5 Å². The Bertz CT molecular complexity index is 2300. The zero-order valence-corrected chi connectivity index (χ0v) is 25.8. The molecule has 0 fully saturated rings. The molecule has 0 unspecified atom stereocenters. The standard InChI is InChI=1S/C41H27BN6/c1-2-8-28(9-3-1)31-10-6-11-32(26-31)34-13-7-14-36-38(34)35-12-4-5-15-37(35)48-27-33(16-21-42(36)48)41-46-39(29-17-22-43-23-18-29)45-40(47-41)30-19-24-44-25-20-30/h1-27H. The Morgan fingerprint density at radius 1 is 0.479 bits per heavy atom. The Morgan fingerprint density at radius 2 is 1.08 bits per heavy atom. The van der Waals surface area contributed by atoms with Gasteiger partial charge >= 0.3 is 6.85 Å². The predicted octanol–water partition coefficient (Wildman–Crippen LogP) is 8.17. The number of aromatic nitrogens is 5. The van der Waals surface area contributed by atoms with Crippen LogP contribution in [-0.2, 0) is 0 Å². The average Bonchev–Trinajstić information content (AvgIpc) is 3.18. The highest BCUT2D eigenvalue weighted by Gasteiger charge is 2.35. The minimum absolute atomic E-state index is 0.0112. The average molecular weight is 615 g/mol. The summed E-state index contributed by atoms with van der Waals surface area (Å²) in [5.74, 6) is 4.05. The highest BCUT2D eigenvalue weighted by Crippen LogP contribution is 2.43. The van der Waals surface area contributed by atoms with Crippen molar-refractivity contribution < 1.29 is 0 Å². The molecule has 48 heavy (non-hydrogen) atoms. The molecule has 9 rings (SSSR count). The Morgan fingerprint density at radius 3 is 1.83 bits per heavy atom.